The second-order valence-electron chi connectivity index (χ2n) is 4.55. The van der Waals surface area contributed by atoms with Crippen molar-refractivity contribution in [2.45, 2.75) is 25.8 Å². The van der Waals surface area contributed by atoms with Gasteiger partial charge in [0.2, 0.25) is 0 Å². The molecule has 3 N–H and O–H groups in total. The lowest BCUT2D eigenvalue weighted by molar-refractivity contribution is 0.454. The highest BCUT2D eigenvalue weighted by Gasteiger charge is 2.39. The Morgan fingerprint density at radius 1 is 1.44 bits per heavy atom. The van der Waals surface area contributed by atoms with Crippen LogP contribution in [0.3, 0.4) is 0 Å². The number of benzene rings is 1. The number of hydrogen-bond acceptors (Lipinski definition) is 2. The molecule has 1 aromatic carbocycles. The van der Waals surface area contributed by atoms with Crippen LogP contribution in [0.1, 0.15) is 18.9 Å². The minimum Gasteiger partial charge on any atom is -0.271 e. The zero-order chi connectivity index (χ0) is 11.7. The summed E-state index contributed by atoms with van der Waals surface area (Å²) in [7, 11) is 0. The normalized spacial score (nSPS) is 25.5. The summed E-state index contributed by atoms with van der Waals surface area (Å²) in [5.74, 6) is 6.99. The SMILES string of the molecule is CC1CC1C(Cc1c(Cl)cccc1Cl)NN. The van der Waals surface area contributed by atoms with E-state index in [2.05, 4.69) is 12.3 Å². The highest BCUT2D eigenvalue weighted by Crippen LogP contribution is 2.42. The molecule has 0 amide bonds. The first-order chi connectivity index (χ1) is 7.63. The molecule has 3 unspecified atom stereocenters. The second kappa shape index (κ2) is 4.92. The van der Waals surface area contributed by atoms with E-state index in [-0.39, 0.29) is 6.04 Å². The lowest BCUT2D eigenvalue weighted by atomic mass is 10.0. The highest BCUT2D eigenvalue weighted by molar-refractivity contribution is 6.36. The highest BCUT2D eigenvalue weighted by atomic mass is 35.5. The van der Waals surface area contributed by atoms with E-state index in [0.29, 0.717) is 5.92 Å². The van der Waals surface area contributed by atoms with Gasteiger partial charge in [-0.1, -0.05) is 36.2 Å². The fraction of sp³-hybridized carbons (Fsp3) is 0.500. The van der Waals surface area contributed by atoms with Gasteiger partial charge in [0, 0.05) is 16.1 Å². The molecule has 1 aromatic rings. The van der Waals surface area contributed by atoms with Crippen LogP contribution in [0, 0.1) is 11.8 Å². The van der Waals surface area contributed by atoms with Crippen LogP contribution >= 0.6 is 23.2 Å². The van der Waals surface area contributed by atoms with Crippen LogP contribution in [0.5, 0.6) is 0 Å². The third-order valence-electron chi connectivity index (χ3n) is 3.39. The molecule has 1 aliphatic rings. The van der Waals surface area contributed by atoms with E-state index in [1.165, 1.54) is 6.42 Å². The van der Waals surface area contributed by atoms with E-state index < -0.39 is 0 Å². The smallest absolute Gasteiger partial charge is 0.0453 e. The topological polar surface area (TPSA) is 38.0 Å². The van der Waals surface area contributed by atoms with Crippen LogP contribution in [0.4, 0.5) is 0 Å². The zero-order valence-corrected chi connectivity index (χ0v) is 10.7. The minimum atomic E-state index is 0.271. The number of rotatable bonds is 4. The minimum absolute atomic E-state index is 0.271. The first-order valence-electron chi connectivity index (χ1n) is 5.52. The van der Waals surface area contributed by atoms with Crippen molar-refractivity contribution in [3.05, 3.63) is 33.8 Å². The molecule has 16 heavy (non-hydrogen) atoms. The van der Waals surface area contributed by atoms with Gasteiger partial charge in [0.05, 0.1) is 0 Å². The molecule has 88 valence electrons. The van der Waals surface area contributed by atoms with E-state index in [0.717, 1.165) is 27.9 Å². The van der Waals surface area contributed by atoms with Crippen LogP contribution in [0.2, 0.25) is 10.0 Å². The molecule has 3 atom stereocenters. The molecule has 1 saturated carbocycles. The van der Waals surface area contributed by atoms with Crippen molar-refractivity contribution in [2.75, 3.05) is 0 Å². The summed E-state index contributed by atoms with van der Waals surface area (Å²) in [6.07, 6.45) is 2.03. The first-order valence-corrected chi connectivity index (χ1v) is 6.28. The molecule has 0 heterocycles. The molecule has 0 aromatic heterocycles. The van der Waals surface area contributed by atoms with E-state index >= 15 is 0 Å². The van der Waals surface area contributed by atoms with Crippen LogP contribution in [0.25, 0.3) is 0 Å². The largest absolute Gasteiger partial charge is 0.271 e. The van der Waals surface area contributed by atoms with Crippen molar-refractivity contribution >= 4 is 23.2 Å². The Hall–Kier alpha value is -0.280. The molecule has 1 fully saturated rings. The fourth-order valence-electron chi connectivity index (χ4n) is 2.19. The monoisotopic (exact) mass is 258 g/mol. The zero-order valence-electron chi connectivity index (χ0n) is 9.21. The molecule has 2 nitrogen and oxygen atoms in total. The Balaban J connectivity index is 2.13. The van der Waals surface area contributed by atoms with Gasteiger partial charge >= 0.3 is 0 Å². The average Bonchev–Trinajstić information content (AvgIpc) is 2.95. The Labute approximate surface area is 106 Å². The number of hydrazine groups is 1. The van der Waals surface area contributed by atoms with Crippen molar-refractivity contribution in [2.24, 2.45) is 17.7 Å². The van der Waals surface area contributed by atoms with Gasteiger partial charge in [-0.25, -0.2) is 0 Å². The molecule has 1 aliphatic carbocycles. The van der Waals surface area contributed by atoms with Gasteiger partial charge < -0.3 is 0 Å². The van der Waals surface area contributed by atoms with Gasteiger partial charge in [-0.05, 0) is 42.4 Å². The quantitative estimate of drug-likeness (QED) is 0.644. The summed E-state index contributed by atoms with van der Waals surface area (Å²) in [5, 5.41) is 1.45. The summed E-state index contributed by atoms with van der Waals surface area (Å²) in [5.41, 5.74) is 3.87. The molecule has 0 spiro atoms. The van der Waals surface area contributed by atoms with Gasteiger partial charge in [0.15, 0.2) is 0 Å². The molecule has 0 saturated heterocycles. The number of nitrogens with one attached hydrogen (secondary N) is 1. The van der Waals surface area contributed by atoms with Crippen molar-refractivity contribution in [1.82, 2.24) is 5.43 Å². The van der Waals surface area contributed by atoms with Gasteiger partial charge in [-0.3, -0.25) is 11.3 Å². The molecular formula is C12H16Cl2N2. The Morgan fingerprint density at radius 2 is 2.00 bits per heavy atom. The predicted octanol–water partition coefficient (Wildman–Crippen LogP) is 3.02. The van der Waals surface area contributed by atoms with E-state index in [9.17, 15) is 0 Å². The summed E-state index contributed by atoms with van der Waals surface area (Å²) < 4.78 is 0. The predicted molar refractivity (Wildman–Crippen MR) is 68.5 cm³/mol. The lowest BCUT2D eigenvalue weighted by Gasteiger charge is -2.17. The van der Waals surface area contributed by atoms with Gasteiger partial charge in [-0.15, -0.1) is 0 Å². The number of nitrogens with two attached hydrogens (primary N) is 1. The van der Waals surface area contributed by atoms with E-state index in [4.69, 9.17) is 29.0 Å². The summed E-state index contributed by atoms with van der Waals surface area (Å²) in [6.45, 7) is 2.24. The van der Waals surface area contributed by atoms with Gasteiger partial charge in [-0.2, -0.15) is 0 Å². The first kappa shape index (κ1) is 12.2. The van der Waals surface area contributed by atoms with E-state index in [1.54, 1.807) is 0 Å². The molecule has 0 aliphatic heterocycles. The lowest BCUT2D eigenvalue weighted by Crippen LogP contribution is -2.39. The maximum absolute atomic E-state index is 6.14. The van der Waals surface area contributed by atoms with Crippen LogP contribution < -0.4 is 11.3 Å². The third kappa shape index (κ3) is 2.51. The van der Waals surface area contributed by atoms with Gasteiger partial charge in [0.25, 0.3) is 0 Å². The molecule has 4 heteroatoms. The number of halogens is 2. The summed E-state index contributed by atoms with van der Waals surface area (Å²) in [4.78, 5) is 0. The standard InChI is InChI=1S/C12H16Cl2N2/c1-7-5-8(7)12(16-15)6-9-10(13)3-2-4-11(9)14/h2-4,7-8,12,16H,5-6,15H2,1H3. The van der Waals surface area contributed by atoms with Crippen LogP contribution in [0.15, 0.2) is 18.2 Å². The molecule has 2 rings (SSSR count). The maximum atomic E-state index is 6.14. The van der Waals surface area contributed by atoms with Crippen molar-refractivity contribution in [3.8, 4) is 0 Å². The van der Waals surface area contributed by atoms with Crippen molar-refractivity contribution in [3.63, 3.8) is 0 Å². The third-order valence-corrected chi connectivity index (χ3v) is 4.10. The average molecular weight is 259 g/mol. The van der Waals surface area contributed by atoms with Crippen molar-refractivity contribution in [1.29, 1.82) is 0 Å². The summed E-state index contributed by atoms with van der Waals surface area (Å²) >= 11 is 12.3. The fourth-order valence-corrected chi connectivity index (χ4v) is 2.74. The number of hydrogen-bond donors (Lipinski definition) is 2. The van der Waals surface area contributed by atoms with Crippen LogP contribution in [-0.2, 0) is 6.42 Å². The Kier molecular flexibility index (Phi) is 3.75. The Bertz CT molecular complexity index is 361. The Morgan fingerprint density at radius 3 is 2.44 bits per heavy atom. The molecule has 0 radical (unpaired) electrons. The van der Waals surface area contributed by atoms with E-state index in [1.807, 2.05) is 18.2 Å². The second-order valence-corrected chi connectivity index (χ2v) is 5.37. The molecule has 0 bridgehead atoms. The van der Waals surface area contributed by atoms with Crippen LogP contribution in [-0.4, -0.2) is 6.04 Å². The van der Waals surface area contributed by atoms with Gasteiger partial charge in [0.1, 0.15) is 0 Å². The molecular weight excluding hydrogens is 243 g/mol. The summed E-state index contributed by atoms with van der Waals surface area (Å²) in [6, 6.07) is 5.87. The maximum Gasteiger partial charge on any atom is 0.0453 e. The van der Waals surface area contributed by atoms with Crippen molar-refractivity contribution < 1.29 is 0 Å².